The van der Waals surface area contributed by atoms with Gasteiger partial charge in [-0.05, 0) is 41.7 Å². The Morgan fingerprint density at radius 1 is 1.10 bits per heavy atom. The van der Waals surface area contributed by atoms with E-state index in [1.807, 2.05) is 42.5 Å². The van der Waals surface area contributed by atoms with E-state index in [-0.39, 0.29) is 18.0 Å². The van der Waals surface area contributed by atoms with Crippen LogP contribution in [0.15, 0.2) is 52.1 Å². The first-order valence-corrected chi connectivity index (χ1v) is 10.1. The van der Waals surface area contributed by atoms with Crippen molar-refractivity contribution in [2.75, 3.05) is 20.8 Å². The first-order valence-electron chi connectivity index (χ1n) is 10.1. The molecule has 0 unspecified atom stereocenters. The highest BCUT2D eigenvalue weighted by Crippen LogP contribution is 2.38. The second-order valence-electron chi connectivity index (χ2n) is 7.43. The van der Waals surface area contributed by atoms with E-state index in [2.05, 4.69) is 10.3 Å². The number of aromatic nitrogens is 2. The molecular weight excluding hydrogens is 398 g/mol. The van der Waals surface area contributed by atoms with E-state index in [1.54, 1.807) is 14.2 Å². The highest BCUT2D eigenvalue weighted by molar-refractivity contribution is 5.52. The third kappa shape index (κ3) is 3.94. The lowest BCUT2D eigenvalue weighted by Gasteiger charge is -2.28. The van der Waals surface area contributed by atoms with Gasteiger partial charge >= 0.3 is 5.69 Å². The Kier molecular flexibility index (Phi) is 5.81. The Labute approximate surface area is 179 Å². The van der Waals surface area contributed by atoms with Crippen LogP contribution in [0.25, 0.3) is 0 Å². The van der Waals surface area contributed by atoms with E-state index in [0.29, 0.717) is 24.5 Å². The van der Waals surface area contributed by atoms with E-state index in [1.165, 1.54) is 4.57 Å². The Hall–Kier alpha value is -3.52. The number of hydrogen-bond donors (Lipinski definition) is 3. The maximum atomic E-state index is 12.7. The molecule has 8 nitrogen and oxygen atoms in total. The molecule has 1 aliphatic heterocycles. The molecule has 162 valence electrons. The molecule has 31 heavy (non-hydrogen) atoms. The summed E-state index contributed by atoms with van der Waals surface area (Å²) in [5.74, 6) is 0.806. The van der Waals surface area contributed by atoms with Crippen LogP contribution in [-0.4, -0.2) is 35.4 Å². The molecule has 1 aromatic heterocycles. The first-order chi connectivity index (χ1) is 15.0. The average molecular weight is 423 g/mol. The van der Waals surface area contributed by atoms with Crippen molar-refractivity contribution in [2.45, 2.75) is 25.4 Å². The summed E-state index contributed by atoms with van der Waals surface area (Å²) < 4.78 is 12.0. The predicted molar refractivity (Wildman–Crippen MR) is 116 cm³/mol. The number of aromatic amines is 1. The maximum absolute atomic E-state index is 12.7. The van der Waals surface area contributed by atoms with Crippen molar-refractivity contribution in [3.05, 3.63) is 85.6 Å². The molecule has 2 heterocycles. The van der Waals surface area contributed by atoms with E-state index in [4.69, 9.17) is 9.47 Å². The van der Waals surface area contributed by atoms with Crippen LogP contribution in [-0.2, 0) is 19.4 Å². The fourth-order valence-electron chi connectivity index (χ4n) is 4.07. The third-order valence-corrected chi connectivity index (χ3v) is 5.66. The molecule has 0 amide bonds. The van der Waals surface area contributed by atoms with Crippen molar-refractivity contribution in [1.29, 1.82) is 0 Å². The van der Waals surface area contributed by atoms with Crippen LogP contribution in [0.3, 0.4) is 0 Å². The van der Waals surface area contributed by atoms with Crippen molar-refractivity contribution in [3.63, 3.8) is 0 Å². The Bertz CT molecular complexity index is 1200. The summed E-state index contributed by atoms with van der Waals surface area (Å²) in [4.78, 5) is 27.5. The van der Waals surface area contributed by atoms with Gasteiger partial charge in [-0.15, -0.1) is 0 Å². The van der Waals surface area contributed by atoms with Crippen molar-refractivity contribution < 1.29 is 14.6 Å². The first kappa shape index (κ1) is 20.7. The van der Waals surface area contributed by atoms with Crippen molar-refractivity contribution in [1.82, 2.24) is 14.9 Å². The lowest BCUT2D eigenvalue weighted by atomic mass is 9.90. The number of aryl methyl sites for hydroxylation is 1. The number of ether oxygens (including phenoxy) is 2. The predicted octanol–water partition coefficient (Wildman–Crippen LogP) is 1.74. The highest BCUT2D eigenvalue weighted by Gasteiger charge is 2.30. The fourth-order valence-corrected chi connectivity index (χ4v) is 4.07. The summed E-state index contributed by atoms with van der Waals surface area (Å²) >= 11 is 0. The molecule has 3 aromatic rings. The van der Waals surface area contributed by atoms with E-state index >= 15 is 0 Å². The average Bonchev–Trinajstić information content (AvgIpc) is 2.78. The zero-order valence-corrected chi connectivity index (χ0v) is 17.5. The normalized spacial score (nSPS) is 15.4. The third-order valence-electron chi connectivity index (χ3n) is 5.66. The number of fused-ring (bicyclic) bond motifs is 1. The molecule has 2 aromatic carbocycles. The molecule has 0 fully saturated rings. The lowest BCUT2D eigenvalue weighted by molar-refractivity contribution is 0.352. The van der Waals surface area contributed by atoms with Gasteiger partial charge in [0.1, 0.15) is 0 Å². The quantitative estimate of drug-likeness (QED) is 0.558. The zero-order valence-electron chi connectivity index (χ0n) is 17.5. The highest BCUT2D eigenvalue weighted by atomic mass is 16.5. The van der Waals surface area contributed by atoms with Gasteiger partial charge in [0.25, 0.3) is 5.56 Å². The van der Waals surface area contributed by atoms with Crippen LogP contribution in [0, 0.1) is 0 Å². The van der Waals surface area contributed by atoms with Crippen LogP contribution in [0.1, 0.15) is 28.3 Å². The largest absolute Gasteiger partial charge is 0.494 e. The Morgan fingerprint density at radius 2 is 1.81 bits per heavy atom. The van der Waals surface area contributed by atoms with Crippen LogP contribution >= 0.6 is 0 Å². The molecule has 0 radical (unpaired) electrons. The number of benzene rings is 2. The fraction of sp³-hybridized carbons (Fsp3) is 0.304. The number of nitrogens with zero attached hydrogens (tertiary/aromatic N) is 1. The molecule has 0 aliphatic carbocycles. The van der Waals surface area contributed by atoms with Crippen molar-refractivity contribution in [3.8, 4) is 17.4 Å². The number of hydrogen-bond acceptors (Lipinski definition) is 6. The summed E-state index contributed by atoms with van der Waals surface area (Å²) in [7, 11) is 3.12. The lowest BCUT2D eigenvalue weighted by Crippen LogP contribution is -2.39. The number of nitrogens with one attached hydrogen (secondary N) is 2. The van der Waals surface area contributed by atoms with Gasteiger partial charge in [-0.1, -0.05) is 30.3 Å². The summed E-state index contributed by atoms with van der Waals surface area (Å²) in [5, 5.41) is 14.3. The summed E-state index contributed by atoms with van der Waals surface area (Å²) in [5.41, 5.74) is 1.68. The van der Waals surface area contributed by atoms with Gasteiger partial charge in [0, 0.05) is 13.1 Å². The summed E-state index contributed by atoms with van der Waals surface area (Å²) in [6.45, 7) is 0.846. The molecule has 4 rings (SSSR count). The van der Waals surface area contributed by atoms with E-state index in [0.717, 1.165) is 23.1 Å². The maximum Gasteiger partial charge on any atom is 0.331 e. The second-order valence-corrected chi connectivity index (χ2v) is 7.43. The number of aromatic hydroxyl groups is 1. The summed E-state index contributed by atoms with van der Waals surface area (Å²) in [6.07, 6.45) is 1.28. The van der Waals surface area contributed by atoms with Crippen LogP contribution in [0.2, 0.25) is 0 Å². The minimum Gasteiger partial charge on any atom is -0.494 e. The molecule has 0 spiro atoms. The zero-order chi connectivity index (χ0) is 22.0. The standard InChI is InChI=1S/C23H25N3O5/c1-30-17-12-15-8-10-24-20(16(15)13-18(17)31-2)19-21(27)25-23(29)26(22(19)28)11-9-14-6-4-3-5-7-14/h3-7,12-13,20,24,28H,8-11H2,1-2H3,(H,25,27,29)/t20-/m1/s1. The van der Waals surface area contributed by atoms with E-state index in [9.17, 15) is 14.7 Å². The van der Waals surface area contributed by atoms with Crippen molar-refractivity contribution >= 4 is 0 Å². The van der Waals surface area contributed by atoms with Crippen LogP contribution in [0.5, 0.6) is 17.4 Å². The molecule has 0 saturated carbocycles. The molecule has 8 heteroatoms. The molecule has 3 N–H and O–H groups in total. The van der Waals surface area contributed by atoms with Crippen LogP contribution < -0.4 is 26.0 Å². The van der Waals surface area contributed by atoms with Gasteiger partial charge in [-0.2, -0.15) is 0 Å². The van der Waals surface area contributed by atoms with Gasteiger partial charge in [-0.3, -0.25) is 14.3 Å². The van der Waals surface area contributed by atoms with E-state index < -0.39 is 17.3 Å². The molecule has 0 saturated heterocycles. The molecule has 1 atom stereocenters. The number of H-pyrrole nitrogens is 1. The molecular formula is C23H25N3O5. The monoisotopic (exact) mass is 423 g/mol. The van der Waals surface area contributed by atoms with Gasteiger partial charge in [0.05, 0.1) is 25.8 Å². The van der Waals surface area contributed by atoms with Crippen LogP contribution in [0.4, 0.5) is 0 Å². The van der Waals surface area contributed by atoms with Gasteiger partial charge in [0.15, 0.2) is 11.5 Å². The summed E-state index contributed by atoms with van der Waals surface area (Å²) in [6, 6.07) is 12.8. The molecule has 1 aliphatic rings. The number of methoxy groups -OCH3 is 2. The SMILES string of the molecule is COc1cc2c(cc1OC)[C@H](c1c(O)n(CCc3ccccc3)c(=O)[nH]c1=O)NCC2. The topological polar surface area (TPSA) is 106 Å². The minimum absolute atomic E-state index is 0.112. The van der Waals surface area contributed by atoms with Gasteiger partial charge < -0.3 is 19.9 Å². The Morgan fingerprint density at radius 3 is 2.52 bits per heavy atom. The molecule has 0 bridgehead atoms. The van der Waals surface area contributed by atoms with Gasteiger partial charge in [-0.25, -0.2) is 4.79 Å². The Balaban J connectivity index is 1.77. The van der Waals surface area contributed by atoms with Gasteiger partial charge in [0.2, 0.25) is 5.88 Å². The van der Waals surface area contributed by atoms with Crippen molar-refractivity contribution in [2.24, 2.45) is 0 Å². The minimum atomic E-state index is -0.634. The second kappa shape index (κ2) is 8.69. The smallest absolute Gasteiger partial charge is 0.331 e. The number of rotatable bonds is 6.